The van der Waals surface area contributed by atoms with Crippen LogP contribution in [0.3, 0.4) is 0 Å². The monoisotopic (exact) mass is 438 g/mol. The molecule has 1 heterocycles. The number of carbonyl (C=O) groups excluding carboxylic acids is 3. The number of carbonyl (C=O) groups is 3. The van der Waals surface area contributed by atoms with Gasteiger partial charge in [-0.15, -0.1) is 0 Å². The van der Waals surface area contributed by atoms with Crippen LogP contribution in [0.4, 0.5) is 13.2 Å². The molecule has 1 N–H and O–H groups in total. The van der Waals surface area contributed by atoms with Gasteiger partial charge < -0.3 is 15.0 Å². The minimum atomic E-state index is -5.34. The van der Waals surface area contributed by atoms with E-state index in [0.717, 1.165) is 0 Å². The van der Waals surface area contributed by atoms with Gasteiger partial charge in [-0.3, -0.25) is 4.79 Å². The lowest BCUT2D eigenvalue weighted by Crippen LogP contribution is -2.58. The van der Waals surface area contributed by atoms with Gasteiger partial charge in [-0.25, -0.2) is 9.59 Å². The van der Waals surface area contributed by atoms with Gasteiger partial charge >= 0.3 is 18.1 Å². The number of alkyl halides is 3. The number of ether oxygens (including phenoxy) is 1. The van der Waals surface area contributed by atoms with E-state index < -0.39 is 34.8 Å². The van der Waals surface area contributed by atoms with Crippen molar-refractivity contribution in [2.75, 3.05) is 20.1 Å². The van der Waals surface area contributed by atoms with Crippen molar-refractivity contribution in [1.82, 2.24) is 10.2 Å². The molecule has 28 heavy (non-hydrogen) atoms. The molecule has 154 valence electrons. The fourth-order valence-corrected chi connectivity index (χ4v) is 3.23. The third-order valence-electron chi connectivity index (χ3n) is 4.43. The third-order valence-corrected chi connectivity index (χ3v) is 5.39. The number of nitrogens with zero attached hydrogens (tertiary/aromatic N) is 1. The Morgan fingerprint density at radius 2 is 1.75 bits per heavy atom. The molecule has 1 aromatic rings. The summed E-state index contributed by atoms with van der Waals surface area (Å²) in [6, 6.07) is 4.12. The van der Waals surface area contributed by atoms with Crippen LogP contribution in [0.15, 0.2) is 24.3 Å². The quantitative estimate of drug-likeness (QED) is 0.429. The van der Waals surface area contributed by atoms with E-state index in [1.807, 2.05) is 11.9 Å². The summed E-state index contributed by atoms with van der Waals surface area (Å²) in [6.45, 7) is 0.995. The van der Waals surface area contributed by atoms with Crippen molar-refractivity contribution in [1.29, 1.82) is 0 Å². The van der Waals surface area contributed by atoms with Crippen LogP contribution in [0, 0.1) is 0 Å². The summed E-state index contributed by atoms with van der Waals surface area (Å²) in [5, 5.41) is 2.74. The number of esters is 2. The van der Waals surface area contributed by atoms with Crippen LogP contribution >= 0.6 is 24.2 Å². The Bertz CT molecular complexity index is 750. The molecule has 0 aromatic heterocycles. The fraction of sp³-hybridized carbons (Fsp3) is 0.471. The zero-order valence-electron chi connectivity index (χ0n) is 14.8. The first-order valence-electron chi connectivity index (χ1n) is 8.22. The molecule has 0 unspecified atom stereocenters. The minimum absolute atomic E-state index is 0.134. The van der Waals surface area contributed by atoms with E-state index in [9.17, 15) is 27.6 Å². The molecule has 1 fully saturated rings. The number of amides is 1. The number of halogens is 4. The Morgan fingerprint density at radius 3 is 2.25 bits per heavy atom. The number of hydrogen-bond acceptors (Lipinski definition) is 6. The maximum Gasteiger partial charge on any atom is 0.491 e. The summed E-state index contributed by atoms with van der Waals surface area (Å²) in [6.07, 6.45) is -4.77. The number of nitrogens with one attached hydrogen (secondary N) is 1. The number of piperidine rings is 1. The largest absolute Gasteiger partial charge is 0.491 e. The molecule has 1 amide bonds. The van der Waals surface area contributed by atoms with Gasteiger partial charge in [-0.05, 0) is 57.2 Å². The van der Waals surface area contributed by atoms with Crippen LogP contribution in [-0.4, -0.2) is 59.8 Å². The Hall–Kier alpha value is -1.78. The zero-order valence-corrected chi connectivity index (χ0v) is 16.4. The predicted molar refractivity (Wildman–Crippen MR) is 98.3 cm³/mol. The number of hydrogen-bond donors (Lipinski definition) is 2. The molecular formula is C17H18ClF3N2O4S. The molecule has 1 aromatic carbocycles. The summed E-state index contributed by atoms with van der Waals surface area (Å²) < 4.78 is 40.2. The SMILES string of the molecule is CN1CCC(S)([C@@H](NC(=O)c2ccc(Cl)cc2)C(=O)OC(=O)C(F)(F)F)CC1. The van der Waals surface area contributed by atoms with Crippen molar-refractivity contribution in [3.05, 3.63) is 34.9 Å². The van der Waals surface area contributed by atoms with Crippen LogP contribution in [0.25, 0.3) is 0 Å². The number of benzene rings is 1. The van der Waals surface area contributed by atoms with Crippen LogP contribution in [-0.2, 0) is 14.3 Å². The standard InChI is InChI=1S/C17H18ClF3N2O4S/c1-23-8-6-16(28,7-9-23)12(14(25)27-15(26)17(19,20)21)22-13(24)10-2-4-11(18)5-3-10/h2-5,12,28H,6-9H2,1H3,(H,22,24)/t12-/m0/s1. The first kappa shape index (κ1) is 22.5. The second-order valence-corrected chi connectivity index (χ2v) is 7.85. The van der Waals surface area contributed by atoms with E-state index in [0.29, 0.717) is 18.1 Å². The lowest BCUT2D eigenvalue weighted by molar-refractivity contribution is -0.202. The first-order valence-corrected chi connectivity index (χ1v) is 9.05. The van der Waals surface area contributed by atoms with E-state index in [1.54, 1.807) is 0 Å². The molecular weight excluding hydrogens is 421 g/mol. The van der Waals surface area contributed by atoms with Crippen LogP contribution < -0.4 is 5.32 Å². The van der Waals surface area contributed by atoms with E-state index in [4.69, 9.17) is 11.6 Å². The average molecular weight is 439 g/mol. The summed E-state index contributed by atoms with van der Waals surface area (Å²) in [7, 11) is 1.83. The highest BCUT2D eigenvalue weighted by molar-refractivity contribution is 7.82. The smallest absolute Gasteiger partial charge is 0.385 e. The minimum Gasteiger partial charge on any atom is -0.385 e. The van der Waals surface area contributed by atoms with Crippen molar-refractivity contribution < 1.29 is 32.3 Å². The van der Waals surface area contributed by atoms with Gasteiger partial charge in [0.25, 0.3) is 5.91 Å². The summed E-state index contributed by atoms with van der Waals surface area (Å²) in [5.41, 5.74) is 0.134. The molecule has 1 aliphatic rings. The van der Waals surface area contributed by atoms with E-state index in [2.05, 4.69) is 22.7 Å². The van der Waals surface area contributed by atoms with Gasteiger partial charge in [-0.1, -0.05) is 11.6 Å². The van der Waals surface area contributed by atoms with Crippen molar-refractivity contribution >= 4 is 42.1 Å². The van der Waals surface area contributed by atoms with Crippen LogP contribution in [0.2, 0.25) is 5.02 Å². The van der Waals surface area contributed by atoms with Gasteiger partial charge in [0.2, 0.25) is 0 Å². The Balaban J connectivity index is 2.25. The number of likely N-dealkylation sites (tertiary alicyclic amines) is 1. The van der Waals surface area contributed by atoms with Gasteiger partial charge in [0.1, 0.15) is 6.04 Å². The molecule has 2 rings (SSSR count). The van der Waals surface area contributed by atoms with E-state index in [1.165, 1.54) is 24.3 Å². The van der Waals surface area contributed by atoms with Gasteiger partial charge in [0, 0.05) is 15.3 Å². The summed E-state index contributed by atoms with van der Waals surface area (Å²) in [5.74, 6) is -4.89. The lowest BCUT2D eigenvalue weighted by Gasteiger charge is -2.41. The lowest BCUT2D eigenvalue weighted by atomic mass is 9.88. The van der Waals surface area contributed by atoms with Gasteiger partial charge in [0.15, 0.2) is 0 Å². The topological polar surface area (TPSA) is 75.7 Å². The maximum atomic E-state index is 12.5. The maximum absolute atomic E-state index is 12.5. The fourth-order valence-electron chi connectivity index (χ4n) is 2.73. The highest BCUT2D eigenvalue weighted by Crippen LogP contribution is 2.33. The molecule has 0 bridgehead atoms. The first-order chi connectivity index (χ1) is 12.9. The predicted octanol–water partition coefficient (Wildman–Crippen LogP) is 2.46. The number of rotatable bonds is 4. The van der Waals surface area contributed by atoms with Gasteiger partial charge in [-0.2, -0.15) is 25.8 Å². The van der Waals surface area contributed by atoms with Crippen molar-refractivity contribution in [3.63, 3.8) is 0 Å². The molecule has 1 saturated heterocycles. The van der Waals surface area contributed by atoms with Crippen LogP contribution in [0.5, 0.6) is 0 Å². The molecule has 1 atom stereocenters. The molecule has 6 nitrogen and oxygen atoms in total. The highest BCUT2D eigenvalue weighted by Gasteiger charge is 2.48. The number of thiol groups is 1. The Kier molecular flexibility index (Phi) is 7.00. The second-order valence-electron chi connectivity index (χ2n) is 6.53. The van der Waals surface area contributed by atoms with E-state index in [-0.39, 0.29) is 18.4 Å². The second kappa shape index (κ2) is 8.71. The highest BCUT2D eigenvalue weighted by atomic mass is 35.5. The van der Waals surface area contributed by atoms with Gasteiger partial charge in [0.05, 0.1) is 0 Å². The van der Waals surface area contributed by atoms with Crippen molar-refractivity contribution in [3.8, 4) is 0 Å². The molecule has 11 heteroatoms. The molecule has 0 saturated carbocycles. The normalized spacial score (nSPS) is 18.2. The summed E-state index contributed by atoms with van der Waals surface area (Å²) >= 11 is 10.2. The molecule has 1 aliphatic heterocycles. The third kappa shape index (κ3) is 5.62. The Morgan fingerprint density at radius 1 is 1.21 bits per heavy atom. The molecule has 0 radical (unpaired) electrons. The van der Waals surface area contributed by atoms with Crippen molar-refractivity contribution in [2.24, 2.45) is 0 Å². The van der Waals surface area contributed by atoms with Crippen LogP contribution in [0.1, 0.15) is 23.2 Å². The summed E-state index contributed by atoms with van der Waals surface area (Å²) in [4.78, 5) is 37.9. The van der Waals surface area contributed by atoms with E-state index >= 15 is 0 Å². The average Bonchev–Trinajstić information content (AvgIpc) is 2.61. The molecule has 0 aliphatic carbocycles. The molecule has 0 spiro atoms. The Labute approximate surface area is 169 Å². The van der Waals surface area contributed by atoms with Crippen molar-refractivity contribution in [2.45, 2.75) is 29.8 Å². The zero-order chi connectivity index (χ0) is 21.1.